The fraction of sp³-hybridized carbons (Fsp3) is 0.400. The molecule has 0 spiro atoms. The Morgan fingerprint density at radius 3 is 2.40 bits per heavy atom. The Hall–Kier alpha value is -0.780. The van der Waals surface area contributed by atoms with Crippen LogP contribution in [0.4, 0.5) is 0 Å². The van der Waals surface area contributed by atoms with Gasteiger partial charge in [-0.15, -0.1) is 0 Å². The Kier molecular flexibility index (Phi) is 5.85. The molecule has 0 aromatic rings. The van der Waals surface area contributed by atoms with Gasteiger partial charge in [-0.05, 0) is 27.2 Å². The summed E-state index contributed by atoms with van der Waals surface area (Å²) in [7, 11) is 0. The summed E-state index contributed by atoms with van der Waals surface area (Å²) in [6.45, 7) is 6.23. The zero-order valence-electron chi connectivity index (χ0n) is 7.09. The van der Waals surface area contributed by atoms with Gasteiger partial charge in [0, 0.05) is 0 Å². The summed E-state index contributed by atoms with van der Waals surface area (Å²) in [6, 6.07) is 0. The third-order valence-corrected chi connectivity index (χ3v) is 1.37. The summed E-state index contributed by atoms with van der Waals surface area (Å²) in [4.78, 5) is 0. The molecule has 0 aromatic heterocycles. The van der Waals surface area contributed by atoms with Crippen LogP contribution >= 0.6 is 0 Å². The molecule has 0 aliphatic rings. The van der Waals surface area contributed by atoms with Crippen molar-refractivity contribution in [2.24, 2.45) is 0 Å². The van der Waals surface area contributed by atoms with E-state index in [0.29, 0.717) is 0 Å². The van der Waals surface area contributed by atoms with Crippen LogP contribution in [0.1, 0.15) is 27.2 Å². The first kappa shape index (κ1) is 9.22. The molecule has 0 rings (SSSR count). The van der Waals surface area contributed by atoms with Crippen molar-refractivity contribution in [3.63, 3.8) is 0 Å². The quantitative estimate of drug-likeness (QED) is 0.411. The van der Waals surface area contributed by atoms with E-state index in [4.69, 9.17) is 0 Å². The Bertz CT molecular complexity index is 147. The number of hydrogen-bond donors (Lipinski definition) is 0. The van der Waals surface area contributed by atoms with E-state index >= 15 is 0 Å². The Morgan fingerprint density at radius 1 is 1.20 bits per heavy atom. The van der Waals surface area contributed by atoms with Gasteiger partial charge in [-0.3, -0.25) is 0 Å². The van der Waals surface area contributed by atoms with Crippen LogP contribution in [0.15, 0.2) is 36.0 Å². The Morgan fingerprint density at radius 2 is 1.90 bits per heavy atom. The third kappa shape index (κ3) is 5.36. The summed E-state index contributed by atoms with van der Waals surface area (Å²) in [5.41, 5.74) is 1.42. The topological polar surface area (TPSA) is 0 Å². The van der Waals surface area contributed by atoms with E-state index in [0.717, 1.165) is 6.42 Å². The van der Waals surface area contributed by atoms with E-state index in [1.54, 1.807) is 0 Å². The van der Waals surface area contributed by atoms with E-state index in [-0.39, 0.29) is 0 Å². The molecule has 56 valence electrons. The lowest BCUT2D eigenvalue weighted by Gasteiger charge is -1.89. The summed E-state index contributed by atoms with van der Waals surface area (Å²) in [5.74, 6) is 0. The van der Waals surface area contributed by atoms with Gasteiger partial charge in [0.2, 0.25) is 0 Å². The van der Waals surface area contributed by atoms with Crippen molar-refractivity contribution in [3.05, 3.63) is 36.0 Å². The van der Waals surface area contributed by atoms with E-state index in [1.165, 1.54) is 5.57 Å². The highest BCUT2D eigenvalue weighted by molar-refractivity contribution is 5.08. The van der Waals surface area contributed by atoms with Gasteiger partial charge in [-0.1, -0.05) is 36.0 Å². The van der Waals surface area contributed by atoms with Gasteiger partial charge in [-0.2, -0.15) is 0 Å². The molecule has 0 saturated carbocycles. The molecule has 0 saturated heterocycles. The molecule has 0 aromatic carbocycles. The second-order valence-electron chi connectivity index (χ2n) is 2.29. The predicted molar refractivity (Wildman–Crippen MR) is 48.0 cm³/mol. The molecular weight excluding hydrogens is 120 g/mol. The fourth-order valence-electron chi connectivity index (χ4n) is 0.561. The maximum Gasteiger partial charge on any atom is -0.0139 e. The molecule has 0 bridgehead atoms. The Labute approximate surface area is 64.0 Å². The lowest BCUT2D eigenvalue weighted by molar-refractivity contribution is 1.20. The zero-order chi connectivity index (χ0) is 7.82. The van der Waals surface area contributed by atoms with Crippen molar-refractivity contribution in [2.45, 2.75) is 27.2 Å². The minimum atomic E-state index is 1.07. The fourth-order valence-corrected chi connectivity index (χ4v) is 0.561. The van der Waals surface area contributed by atoms with E-state index < -0.39 is 0 Å². The van der Waals surface area contributed by atoms with Gasteiger partial charge in [0.1, 0.15) is 0 Å². The lowest BCUT2D eigenvalue weighted by Crippen LogP contribution is -1.68. The number of rotatable bonds is 3. The van der Waals surface area contributed by atoms with E-state index in [2.05, 4.69) is 32.1 Å². The van der Waals surface area contributed by atoms with Crippen molar-refractivity contribution in [2.75, 3.05) is 0 Å². The van der Waals surface area contributed by atoms with Crippen molar-refractivity contribution >= 4 is 0 Å². The zero-order valence-corrected chi connectivity index (χ0v) is 7.09. The molecular formula is C10H16. The first-order valence-corrected chi connectivity index (χ1v) is 3.71. The maximum atomic E-state index is 2.16. The standard InChI is InChI=1S/C10H16/c1-4-6-7-8-9-10(3)5-2/h4-8H,9H2,1-3H3. The number of hydrogen-bond acceptors (Lipinski definition) is 0. The van der Waals surface area contributed by atoms with Gasteiger partial charge in [0.15, 0.2) is 0 Å². The molecule has 10 heavy (non-hydrogen) atoms. The highest BCUT2D eigenvalue weighted by atomic mass is 13.8. The molecule has 0 fully saturated rings. The van der Waals surface area contributed by atoms with Gasteiger partial charge in [-0.25, -0.2) is 0 Å². The molecule has 0 amide bonds. The first-order valence-electron chi connectivity index (χ1n) is 3.71. The molecule has 0 aliphatic carbocycles. The van der Waals surface area contributed by atoms with Crippen LogP contribution in [-0.4, -0.2) is 0 Å². The highest BCUT2D eigenvalue weighted by Gasteiger charge is 1.78. The third-order valence-electron chi connectivity index (χ3n) is 1.37. The highest BCUT2D eigenvalue weighted by Crippen LogP contribution is 1.99. The molecule has 0 nitrogen and oxygen atoms in total. The van der Waals surface area contributed by atoms with Gasteiger partial charge >= 0.3 is 0 Å². The van der Waals surface area contributed by atoms with Crippen LogP contribution < -0.4 is 0 Å². The van der Waals surface area contributed by atoms with Crippen molar-refractivity contribution in [1.82, 2.24) is 0 Å². The monoisotopic (exact) mass is 136 g/mol. The van der Waals surface area contributed by atoms with Crippen molar-refractivity contribution in [1.29, 1.82) is 0 Å². The van der Waals surface area contributed by atoms with Crippen molar-refractivity contribution < 1.29 is 0 Å². The predicted octanol–water partition coefficient (Wildman–Crippen LogP) is 3.48. The summed E-state index contributed by atoms with van der Waals surface area (Å²) in [6.07, 6.45) is 11.5. The Balaban J connectivity index is 3.53. The number of allylic oxidation sites excluding steroid dienone is 6. The SMILES string of the molecule is CC=CC=CCC(C)=CC. The summed E-state index contributed by atoms with van der Waals surface area (Å²) >= 11 is 0. The smallest absolute Gasteiger partial charge is 0.0139 e. The summed E-state index contributed by atoms with van der Waals surface area (Å²) in [5, 5.41) is 0. The molecule has 0 radical (unpaired) electrons. The maximum absolute atomic E-state index is 2.16. The second kappa shape index (κ2) is 6.34. The average Bonchev–Trinajstić information content (AvgIpc) is 1.98. The first-order chi connectivity index (χ1) is 4.81. The van der Waals surface area contributed by atoms with Crippen molar-refractivity contribution in [3.8, 4) is 0 Å². The molecule has 0 heteroatoms. The largest absolute Gasteiger partial charge is 0.0884 e. The van der Waals surface area contributed by atoms with Crippen LogP contribution in [0.25, 0.3) is 0 Å². The molecule has 0 heterocycles. The minimum absolute atomic E-state index is 1.07. The van der Waals surface area contributed by atoms with E-state index in [9.17, 15) is 0 Å². The van der Waals surface area contributed by atoms with Gasteiger partial charge < -0.3 is 0 Å². The molecule has 0 atom stereocenters. The van der Waals surface area contributed by atoms with Crippen LogP contribution in [-0.2, 0) is 0 Å². The molecule has 0 aliphatic heterocycles. The second-order valence-corrected chi connectivity index (χ2v) is 2.29. The van der Waals surface area contributed by atoms with Gasteiger partial charge in [0.25, 0.3) is 0 Å². The molecule has 0 unspecified atom stereocenters. The lowest BCUT2D eigenvalue weighted by atomic mass is 10.2. The van der Waals surface area contributed by atoms with Crippen LogP contribution in [0.2, 0.25) is 0 Å². The normalized spacial score (nSPS) is 13.7. The average molecular weight is 136 g/mol. The van der Waals surface area contributed by atoms with Crippen LogP contribution in [0.5, 0.6) is 0 Å². The summed E-state index contributed by atoms with van der Waals surface area (Å²) < 4.78 is 0. The minimum Gasteiger partial charge on any atom is -0.0884 e. The van der Waals surface area contributed by atoms with Gasteiger partial charge in [0.05, 0.1) is 0 Å². The van der Waals surface area contributed by atoms with Crippen LogP contribution in [0.3, 0.4) is 0 Å². The van der Waals surface area contributed by atoms with E-state index in [1.807, 2.05) is 19.1 Å². The molecule has 0 N–H and O–H groups in total. The van der Waals surface area contributed by atoms with Crippen LogP contribution in [0, 0.1) is 0 Å².